The first-order chi connectivity index (χ1) is 29.0. The van der Waals surface area contributed by atoms with Crippen LogP contribution in [0.15, 0.2) is 179 Å². The standard InChI is InChI=1S/C28H16BF12.C17H13N2OS/c30-25(31,32)17-1-9-21(10-2-17)29(22-11-3-18(4-12-22)26(33,34)35,23-13-5-19(6-14-23)27(36,37)38)24-15-7-20(8-16-24)28(39,40)41;18-13-15(14-19)11-12-21(20,16-7-3-1-4-8-16)17-9-5-2-6-10-17/h1-16H;1-11H,12H2/q-1;+1. The molecule has 62 heavy (non-hydrogen) atoms. The van der Waals surface area contributed by atoms with Crippen molar-refractivity contribution in [2.24, 2.45) is 0 Å². The Morgan fingerprint density at radius 1 is 0.435 bits per heavy atom. The number of rotatable bonds is 8. The third kappa shape index (κ3) is 10.3. The maximum Gasteiger partial charge on any atom is 0.416 e. The van der Waals surface area contributed by atoms with Crippen LogP contribution >= 0.6 is 0 Å². The normalized spacial score (nSPS) is 12.3. The van der Waals surface area contributed by atoms with Crippen molar-refractivity contribution < 1.29 is 56.9 Å². The van der Waals surface area contributed by atoms with Gasteiger partial charge in [-0.1, -0.05) is 138 Å². The summed E-state index contributed by atoms with van der Waals surface area (Å²) in [5.41, 5.74) is -4.31. The maximum atomic E-state index is 13.5. The molecule has 0 aliphatic carbocycles. The minimum absolute atomic E-state index is 0.0114. The highest BCUT2D eigenvalue weighted by molar-refractivity contribution is 8.03. The monoisotopic (exact) mass is 884 g/mol. The quantitative estimate of drug-likeness (QED) is 0.0662. The van der Waals surface area contributed by atoms with E-state index >= 15 is 0 Å². The summed E-state index contributed by atoms with van der Waals surface area (Å²) in [7, 11) is -2.54. The lowest BCUT2D eigenvalue weighted by atomic mass is 9.13. The van der Waals surface area contributed by atoms with Crippen LogP contribution in [-0.2, 0) is 38.8 Å². The zero-order chi connectivity index (χ0) is 45.6. The molecule has 0 N–H and O–H groups in total. The molecule has 0 bridgehead atoms. The lowest BCUT2D eigenvalue weighted by Crippen LogP contribution is -2.74. The summed E-state index contributed by atoms with van der Waals surface area (Å²) in [6.07, 6.45) is -20.5. The zero-order valence-electron chi connectivity index (χ0n) is 31.6. The van der Waals surface area contributed by atoms with Crippen molar-refractivity contribution in [1.82, 2.24) is 0 Å². The van der Waals surface area contributed by atoms with Crippen LogP contribution in [0.3, 0.4) is 0 Å². The van der Waals surface area contributed by atoms with Crippen molar-refractivity contribution >= 4 is 37.9 Å². The average Bonchev–Trinajstić information content (AvgIpc) is 3.24. The lowest BCUT2D eigenvalue weighted by Gasteiger charge is -2.44. The fourth-order valence-corrected chi connectivity index (χ4v) is 9.18. The number of benzene rings is 6. The van der Waals surface area contributed by atoms with Gasteiger partial charge < -0.3 is 0 Å². The van der Waals surface area contributed by atoms with Gasteiger partial charge in [0.05, 0.1) is 22.3 Å². The number of halogens is 12. The Hall–Kier alpha value is -6.59. The van der Waals surface area contributed by atoms with E-state index in [1.54, 1.807) is 12.1 Å². The molecule has 0 aromatic heterocycles. The molecule has 3 nitrogen and oxygen atoms in total. The van der Waals surface area contributed by atoms with Crippen LogP contribution in [0.2, 0.25) is 0 Å². The smallest absolute Gasteiger partial charge is 0.195 e. The van der Waals surface area contributed by atoms with Crippen LogP contribution in [0.1, 0.15) is 22.3 Å². The summed E-state index contributed by atoms with van der Waals surface area (Å²) < 4.78 is 174. The summed E-state index contributed by atoms with van der Waals surface area (Å²) in [4.78, 5) is 1.39. The number of allylic oxidation sites excluding steroid dienone is 1. The van der Waals surface area contributed by atoms with E-state index in [1.165, 1.54) is 6.08 Å². The van der Waals surface area contributed by atoms with Gasteiger partial charge in [0.15, 0.2) is 19.7 Å². The first-order valence-electron chi connectivity index (χ1n) is 18.0. The van der Waals surface area contributed by atoms with Crippen LogP contribution in [0.4, 0.5) is 52.7 Å². The van der Waals surface area contributed by atoms with Crippen LogP contribution in [0, 0.1) is 22.7 Å². The third-order valence-corrected chi connectivity index (χ3v) is 12.7. The average molecular weight is 885 g/mol. The van der Waals surface area contributed by atoms with Crippen molar-refractivity contribution in [2.75, 3.05) is 5.75 Å². The third-order valence-electron chi connectivity index (χ3n) is 9.96. The highest BCUT2D eigenvalue weighted by Gasteiger charge is 2.38. The maximum absolute atomic E-state index is 13.5. The molecule has 0 heterocycles. The number of nitriles is 2. The van der Waals surface area contributed by atoms with Crippen molar-refractivity contribution in [3.8, 4) is 12.1 Å². The molecule has 17 heteroatoms. The first kappa shape index (κ1) is 46.5. The second-order valence-corrected chi connectivity index (χ2v) is 16.3. The number of hydrogen-bond donors (Lipinski definition) is 0. The van der Waals surface area contributed by atoms with Gasteiger partial charge in [0, 0.05) is 0 Å². The molecular formula is C45H29BF12N2OS. The number of hydrogen-bond acceptors (Lipinski definition) is 3. The Kier molecular flexibility index (Phi) is 13.6. The van der Waals surface area contributed by atoms with Gasteiger partial charge in [0.2, 0.25) is 0 Å². The fourth-order valence-electron chi connectivity index (χ4n) is 6.92. The van der Waals surface area contributed by atoms with Crippen molar-refractivity contribution in [2.45, 2.75) is 34.5 Å². The van der Waals surface area contributed by atoms with E-state index in [0.29, 0.717) is 58.3 Å². The van der Waals surface area contributed by atoms with Gasteiger partial charge in [0.25, 0.3) is 0 Å². The van der Waals surface area contributed by atoms with Crippen molar-refractivity contribution in [1.29, 1.82) is 10.5 Å². The second kappa shape index (κ2) is 18.2. The van der Waals surface area contributed by atoms with Crippen molar-refractivity contribution in [3.05, 3.63) is 192 Å². The van der Waals surface area contributed by atoms with Gasteiger partial charge in [-0.2, -0.15) is 85.1 Å². The topological polar surface area (TPSA) is 64.7 Å². The molecule has 0 aliphatic heterocycles. The Bertz CT molecular complexity index is 2320. The fraction of sp³-hybridized carbons (Fsp3) is 0.111. The van der Waals surface area contributed by atoms with E-state index in [0.717, 1.165) is 48.5 Å². The minimum Gasteiger partial charge on any atom is -0.195 e. The first-order valence-corrected chi connectivity index (χ1v) is 19.8. The van der Waals surface area contributed by atoms with E-state index in [4.69, 9.17) is 10.5 Å². The molecule has 0 saturated heterocycles. The highest BCUT2D eigenvalue weighted by Crippen LogP contribution is 2.33. The summed E-state index contributed by atoms with van der Waals surface area (Å²) in [5, 5.41) is 17.7. The van der Waals surface area contributed by atoms with Gasteiger partial charge in [-0.25, -0.2) is 0 Å². The molecule has 6 aromatic carbocycles. The summed E-state index contributed by atoms with van der Waals surface area (Å²) in [6, 6.07) is 35.4. The Morgan fingerprint density at radius 3 is 0.887 bits per heavy atom. The molecular weight excluding hydrogens is 855 g/mol. The van der Waals surface area contributed by atoms with E-state index in [1.807, 2.05) is 60.7 Å². The number of alkyl halides is 12. The SMILES string of the molecule is FC(F)(F)c1ccc([B-](c2ccc(C(F)(F)F)cc2)(c2ccc(C(F)(F)F)cc2)c2ccc(C(F)(F)F)cc2)cc1.N#CC(C#N)=CC[S+](=O)(c1ccccc1)c1ccccc1. The molecule has 318 valence electrons. The van der Waals surface area contributed by atoms with Gasteiger partial charge in [0.1, 0.15) is 29.6 Å². The van der Waals surface area contributed by atoms with Gasteiger partial charge in [-0.3, -0.25) is 0 Å². The van der Waals surface area contributed by atoms with Crippen LogP contribution in [-0.4, -0.2) is 11.9 Å². The van der Waals surface area contributed by atoms with Crippen LogP contribution in [0.25, 0.3) is 0 Å². The lowest BCUT2D eigenvalue weighted by molar-refractivity contribution is -0.138. The molecule has 0 radical (unpaired) electrons. The van der Waals surface area contributed by atoms with E-state index in [9.17, 15) is 56.9 Å². The Balaban J connectivity index is 0.000000290. The molecule has 0 spiro atoms. The molecule has 0 unspecified atom stereocenters. The Labute approximate surface area is 348 Å². The highest BCUT2D eigenvalue weighted by atomic mass is 32.2. The summed E-state index contributed by atoms with van der Waals surface area (Å²) in [6.45, 7) is 0. The van der Waals surface area contributed by atoms with Gasteiger partial charge in [-0.15, -0.1) is 0 Å². The molecule has 0 fully saturated rings. The van der Waals surface area contributed by atoms with Gasteiger partial charge in [-0.05, 0) is 30.3 Å². The van der Waals surface area contributed by atoms with Crippen LogP contribution in [0.5, 0.6) is 0 Å². The summed E-state index contributed by atoms with van der Waals surface area (Å²) >= 11 is 0. The van der Waals surface area contributed by atoms with Crippen LogP contribution < -0.4 is 21.9 Å². The second-order valence-electron chi connectivity index (χ2n) is 13.7. The molecule has 0 saturated carbocycles. The van der Waals surface area contributed by atoms with E-state index < -0.39 is 63.0 Å². The molecule has 0 atom stereocenters. The molecule has 6 aromatic rings. The van der Waals surface area contributed by atoms with Gasteiger partial charge >= 0.3 is 24.7 Å². The summed E-state index contributed by atoms with van der Waals surface area (Å²) in [5.74, 6) is 0.136. The molecule has 0 aliphatic rings. The van der Waals surface area contributed by atoms with Crippen molar-refractivity contribution in [3.63, 3.8) is 0 Å². The zero-order valence-corrected chi connectivity index (χ0v) is 32.4. The predicted octanol–water partition coefficient (Wildman–Crippen LogP) is 10.7. The predicted molar refractivity (Wildman–Crippen MR) is 212 cm³/mol. The minimum atomic E-state index is -4.77. The Morgan fingerprint density at radius 2 is 0.677 bits per heavy atom. The van der Waals surface area contributed by atoms with E-state index in [2.05, 4.69) is 0 Å². The largest absolute Gasteiger partial charge is 0.416 e. The molecule has 6 rings (SSSR count). The van der Waals surface area contributed by atoms with E-state index in [-0.39, 0.29) is 33.2 Å². The number of nitrogens with zero attached hydrogens (tertiary/aromatic N) is 2. The molecule has 0 amide bonds.